The van der Waals surface area contributed by atoms with Crippen LogP contribution in [0.3, 0.4) is 0 Å². The van der Waals surface area contributed by atoms with Crippen LogP contribution in [0.2, 0.25) is 0 Å². The van der Waals surface area contributed by atoms with E-state index in [0.717, 1.165) is 0 Å². The van der Waals surface area contributed by atoms with Crippen molar-refractivity contribution in [2.24, 2.45) is 0 Å². The molecular formula is Cl3FeLi. The van der Waals surface area contributed by atoms with Gasteiger partial charge in [-0.15, -0.1) is 0 Å². The van der Waals surface area contributed by atoms with Crippen LogP contribution >= 0.6 is 0 Å². The first kappa shape index (κ1) is 63.4. The SMILES string of the molecule is [Cl-].[Cl-].[Cl-].[Fe+2].[Li+]. The smallest absolute Gasteiger partial charge is 1.00 e. The molecule has 0 spiro atoms. The third kappa shape index (κ3) is 24.1. The number of hydrogen-bond acceptors (Lipinski definition) is 0. The summed E-state index contributed by atoms with van der Waals surface area (Å²) < 4.78 is 0. The van der Waals surface area contributed by atoms with Gasteiger partial charge in [0.15, 0.2) is 0 Å². The van der Waals surface area contributed by atoms with Gasteiger partial charge in [-0.2, -0.15) is 0 Å². The van der Waals surface area contributed by atoms with Gasteiger partial charge in [0.1, 0.15) is 0 Å². The third-order valence-electron chi connectivity index (χ3n) is 0. The second-order valence-corrected chi connectivity index (χ2v) is 0. The minimum atomic E-state index is 0. The van der Waals surface area contributed by atoms with Gasteiger partial charge in [-0.1, -0.05) is 0 Å². The second-order valence-electron chi connectivity index (χ2n) is 0. The van der Waals surface area contributed by atoms with Crippen LogP contribution in [-0.2, 0) is 17.1 Å². The molecular weight excluding hydrogens is 169 g/mol. The molecule has 0 aromatic rings. The molecule has 5 heavy (non-hydrogen) atoms. The molecule has 5 heteroatoms. The fraction of sp³-hybridized carbons (Fsp3) is 0. The first-order valence-corrected chi connectivity index (χ1v) is 0. The summed E-state index contributed by atoms with van der Waals surface area (Å²) in [6.07, 6.45) is 0. The quantitative estimate of drug-likeness (QED) is 0.316. The number of halogens is 3. The van der Waals surface area contributed by atoms with Gasteiger partial charge >= 0.3 is 35.9 Å². The van der Waals surface area contributed by atoms with Crippen molar-refractivity contribution in [3.63, 3.8) is 0 Å². The van der Waals surface area contributed by atoms with Crippen molar-refractivity contribution in [1.82, 2.24) is 0 Å². The maximum Gasteiger partial charge on any atom is 2.00 e. The van der Waals surface area contributed by atoms with E-state index in [1.807, 2.05) is 0 Å². The van der Waals surface area contributed by atoms with E-state index in [4.69, 9.17) is 0 Å². The van der Waals surface area contributed by atoms with E-state index in [1.54, 1.807) is 0 Å². The molecule has 0 saturated carbocycles. The maximum absolute atomic E-state index is 0. The van der Waals surface area contributed by atoms with Crippen LogP contribution in [0.5, 0.6) is 0 Å². The molecule has 0 rings (SSSR count). The Balaban J connectivity index is 0. The Morgan fingerprint density at radius 3 is 0.600 bits per heavy atom. The molecule has 0 nitrogen and oxygen atoms in total. The van der Waals surface area contributed by atoms with E-state index in [0.29, 0.717) is 0 Å². The fourth-order valence-electron chi connectivity index (χ4n) is 0. The largest absolute Gasteiger partial charge is 2.00 e. The fourth-order valence-corrected chi connectivity index (χ4v) is 0. The minimum Gasteiger partial charge on any atom is -1.00 e. The van der Waals surface area contributed by atoms with E-state index in [1.165, 1.54) is 0 Å². The standard InChI is InChI=1S/3ClH.Fe.Li/h3*1H;;/q;;;+2;+1/p-3. The zero-order valence-corrected chi connectivity index (χ0v) is 5.86. The summed E-state index contributed by atoms with van der Waals surface area (Å²) in [6.45, 7) is 0. The molecule has 0 atom stereocenters. The molecule has 0 N–H and O–H groups in total. The van der Waals surface area contributed by atoms with Gasteiger partial charge in [0.05, 0.1) is 0 Å². The van der Waals surface area contributed by atoms with Gasteiger partial charge in [-0.3, -0.25) is 0 Å². The summed E-state index contributed by atoms with van der Waals surface area (Å²) in [5, 5.41) is 0. The van der Waals surface area contributed by atoms with Crippen molar-refractivity contribution in [1.29, 1.82) is 0 Å². The molecule has 0 amide bonds. The van der Waals surface area contributed by atoms with Gasteiger partial charge in [0.2, 0.25) is 0 Å². The minimum absolute atomic E-state index is 0. The van der Waals surface area contributed by atoms with E-state index >= 15 is 0 Å². The summed E-state index contributed by atoms with van der Waals surface area (Å²) in [6, 6.07) is 0. The summed E-state index contributed by atoms with van der Waals surface area (Å²) >= 11 is 0. The van der Waals surface area contributed by atoms with E-state index < -0.39 is 0 Å². The molecule has 0 saturated heterocycles. The predicted molar refractivity (Wildman–Crippen MR) is 0 cm³/mol. The Labute approximate surface area is 72.7 Å². The topological polar surface area (TPSA) is 0 Å². The number of rotatable bonds is 0. The van der Waals surface area contributed by atoms with Gasteiger partial charge < -0.3 is 37.2 Å². The van der Waals surface area contributed by atoms with Crippen molar-refractivity contribution in [3.05, 3.63) is 0 Å². The molecule has 0 aliphatic carbocycles. The zero-order valence-electron chi connectivity index (χ0n) is 2.49. The van der Waals surface area contributed by atoms with Gasteiger partial charge in [-0.05, 0) is 0 Å². The maximum atomic E-state index is 0. The molecule has 30 valence electrons. The Morgan fingerprint density at radius 2 is 0.600 bits per heavy atom. The summed E-state index contributed by atoms with van der Waals surface area (Å²) in [5.41, 5.74) is 0. The van der Waals surface area contributed by atoms with E-state index in [9.17, 15) is 0 Å². The van der Waals surface area contributed by atoms with Crippen molar-refractivity contribution in [2.75, 3.05) is 0 Å². The van der Waals surface area contributed by atoms with Crippen LogP contribution in [0.15, 0.2) is 0 Å². The molecule has 0 bridgehead atoms. The van der Waals surface area contributed by atoms with Crippen molar-refractivity contribution >= 4 is 0 Å². The van der Waals surface area contributed by atoms with Crippen LogP contribution in [0, 0.1) is 0 Å². The normalized spacial score (nSPS) is 0. The summed E-state index contributed by atoms with van der Waals surface area (Å²) in [4.78, 5) is 0. The average Bonchev–Trinajstić information content (AvgIpc) is 0. The monoisotopic (exact) mass is 168 g/mol. The van der Waals surface area contributed by atoms with Crippen molar-refractivity contribution < 1.29 is 73.2 Å². The zero-order chi connectivity index (χ0) is 0. The van der Waals surface area contributed by atoms with Crippen LogP contribution in [0.25, 0.3) is 0 Å². The van der Waals surface area contributed by atoms with Crippen LogP contribution in [-0.4, -0.2) is 0 Å². The molecule has 0 radical (unpaired) electrons. The number of hydrogen-bond donors (Lipinski definition) is 0. The molecule has 0 aliphatic heterocycles. The van der Waals surface area contributed by atoms with Crippen molar-refractivity contribution in [2.45, 2.75) is 0 Å². The Hall–Kier alpha value is 1.99. The predicted octanol–water partition coefficient (Wildman–Crippen LogP) is -12.0. The Bertz CT molecular complexity index is 6.85. The second kappa shape index (κ2) is 37.7. The Kier molecular flexibility index (Phi) is 479. The van der Waals surface area contributed by atoms with Crippen LogP contribution in [0.4, 0.5) is 0 Å². The molecule has 0 aromatic carbocycles. The van der Waals surface area contributed by atoms with Crippen LogP contribution in [0.1, 0.15) is 0 Å². The van der Waals surface area contributed by atoms with E-state index in [2.05, 4.69) is 0 Å². The molecule has 0 heterocycles. The van der Waals surface area contributed by atoms with Gasteiger partial charge in [0, 0.05) is 0 Å². The van der Waals surface area contributed by atoms with Crippen LogP contribution < -0.4 is 56.1 Å². The first-order chi connectivity index (χ1) is 0. The first-order valence-electron chi connectivity index (χ1n) is 0. The Morgan fingerprint density at radius 1 is 0.600 bits per heavy atom. The summed E-state index contributed by atoms with van der Waals surface area (Å²) in [5.74, 6) is 0. The van der Waals surface area contributed by atoms with Gasteiger partial charge in [0.25, 0.3) is 0 Å². The van der Waals surface area contributed by atoms with Crippen molar-refractivity contribution in [3.8, 4) is 0 Å². The van der Waals surface area contributed by atoms with Gasteiger partial charge in [-0.25, -0.2) is 0 Å². The summed E-state index contributed by atoms with van der Waals surface area (Å²) in [7, 11) is 0. The average molecular weight is 169 g/mol. The molecule has 0 fully saturated rings. The molecule has 0 unspecified atom stereocenters. The third-order valence-corrected chi connectivity index (χ3v) is 0. The molecule has 0 aromatic heterocycles. The molecule has 0 aliphatic rings. The van der Waals surface area contributed by atoms with E-state index in [-0.39, 0.29) is 73.2 Å².